The highest BCUT2D eigenvalue weighted by atomic mass is 19.2. The number of rotatable bonds is 4. The molecule has 0 heterocycles. The van der Waals surface area contributed by atoms with Crippen molar-refractivity contribution >= 4 is 0 Å². The van der Waals surface area contributed by atoms with Gasteiger partial charge in [0.1, 0.15) is 5.82 Å². The molecule has 0 bridgehead atoms. The van der Waals surface area contributed by atoms with Crippen molar-refractivity contribution in [2.75, 3.05) is 6.54 Å². The van der Waals surface area contributed by atoms with Crippen LogP contribution in [0.25, 0.3) is 0 Å². The zero-order valence-corrected chi connectivity index (χ0v) is 10.5. The van der Waals surface area contributed by atoms with Crippen LogP contribution in [0.15, 0.2) is 42.5 Å². The Hall–Kier alpha value is -1.81. The Balaban J connectivity index is 2.45. The van der Waals surface area contributed by atoms with Crippen LogP contribution in [0.3, 0.4) is 0 Å². The molecule has 0 aliphatic rings. The summed E-state index contributed by atoms with van der Waals surface area (Å²) in [7, 11) is 0. The minimum Gasteiger partial charge on any atom is -0.306 e. The maximum absolute atomic E-state index is 13.8. The summed E-state index contributed by atoms with van der Waals surface area (Å²) in [5, 5.41) is 3.07. The van der Waals surface area contributed by atoms with E-state index in [0.717, 1.165) is 12.1 Å². The summed E-state index contributed by atoms with van der Waals surface area (Å²) in [6, 6.07) is 9.38. The molecule has 2 aromatic carbocycles. The molecule has 1 atom stereocenters. The van der Waals surface area contributed by atoms with Crippen LogP contribution in [0.2, 0.25) is 0 Å². The van der Waals surface area contributed by atoms with Gasteiger partial charge in [-0.1, -0.05) is 31.2 Å². The first-order valence-electron chi connectivity index (χ1n) is 6.06. The maximum atomic E-state index is 13.8. The van der Waals surface area contributed by atoms with Gasteiger partial charge in [-0.3, -0.25) is 0 Å². The molecule has 1 N–H and O–H groups in total. The third-order valence-electron chi connectivity index (χ3n) is 2.90. The Labute approximate surface area is 110 Å². The second-order valence-electron chi connectivity index (χ2n) is 4.19. The molecule has 0 spiro atoms. The minimum atomic E-state index is -0.934. The summed E-state index contributed by atoms with van der Waals surface area (Å²) in [5.41, 5.74) is 0.904. The van der Waals surface area contributed by atoms with Crippen LogP contribution in [0.5, 0.6) is 0 Å². The fourth-order valence-corrected chi connectivity index (χ4v) is 2.01. The van der Waals surface area contributed by atoms with Gasteiger partial charge in [0.25, 0.3) is 0 Å². The number of hydrogen-bond donors (Lipinski definition) is 1. The summed E-state index contributed by atoms with van der Waals surface area (Å²) in [6.07, 6.45) is 0. The lowest BCUT2D eigenvalue weighted by Gasteiger charge is -2.19. The molecule has 0 amide bonds. The third-order valence-corrected chi connectivity index (χ3v) is 2.90. The Kier molecular flexibility index (Phi) is 4.22. The number of hydrogen-bond acceptors (Lipinski definition) is 1. The molecule has 0 aliphatic carbocycles. The second-order valence-corrected chi connectivity index (χ2v) is 4.19. The minimum absolute atomic E-state index is 0.377. The van der Waals surface area contributed by atoms with E-state index in [4.69, 9.17) is 0 Å². The van der Waals surface area contributed by atoms with E-state index in [9.17, 15) is 13.2 Å². The molecule has 0 aliphatic heterocycles. The predicted molar refractivity (Wildman–Crippen MR) is 68.3 cm³/mol. The van der Waals surface area contributed by atoms with Crippen LogP contribution < -0.4 is 5.32 Å². The summed E-state index contributed by atoms with van der Waals surface area (Å²) in [5.74, 6) is -2.22. The Bertz CT molecular complexity index is 569. The second kappa shape index (κ2) is 5.89. The molecule has 1 nitrogen and oxygen atoms in total. The van der Waals surface area contributed by atoms with Gasteiger partial charge < -0.3 is 5.32 Å². The molecule has 0 saturated carbocycles. The highest BCUT2D eigenvalue weighted by molar-refractivity contribution is 5.33. The lowest BCUT2D eigenvalue weighted by atomic mass is 9.98. The van der Waals surface area contributed by atoms with Gasteiger partial charge in [0.2, 0.25) is 0 Å². The molecule has 100 valence electrons. The lowest BCUT2D eigenvalue weighted by Crippen LogP contribution is -2.23. The largest absolute Gasteiger partial charge is 0.306 e. The summed E-state index contributed by atoms with van der Waals surface area (Å²) >= 11 is 0. The smallest absolute Gasteiger partial charge is 0.159 e. The fourth-order valence-electron chi connectivity index (χ4n) is 2.01. The Morgan fingerprint density at radius 2 is 1.68 bits per heavy atom. The number of halogens is 3. The van der Waals surface area contributed by atoms with E-state index < -0.39 is 17.7 Å². The van der Waals surface area contributed by atoms with Gasteiger partial charge in [-0.2, -0.15) is 0 Å². The standard InChI is InChI=1S/C15H14F3N/c1-2-19-15(11-5-3-4-6-12(11)16)10-7-8-13(17)14(18)9-10/h3-9,15,19H,2H2,1H3. The zero-order chi connectivity index (χ0) is 13.8. The third kappa shape index (κ3) is 2.96. The molecule has 0 aromatic heterocycles. The molecule has 4 heteroatoms. The SMILES string of the molecule is CCNC(c1ccc(F)c(F)c1)c1ccccc1F. The van der Waals surface area contributed by atoms with Crippen molar-refractivity contribution < 1.29 is 13.2 Å². The maximum Gasteiger partial charge on any atom is 0.159 e. The summed E-state index contributed by atoms with van der Waals surface area (Å²) < 4.78 is 40.1. The van der Waals surface area contributed by atoms with E-state index in [1.807, 2.05) is 6.92 Å². The van der Waals surface area contributed by atoms with Crippen LogP contribution >= 0.6 is 0 Å². The van der Waals surface area contributed by atoms with Crippen LogP contribution in [-0.2, 0) is 0 Å². The predicted octanol–water partition coefficient (Wildman–Crippen LogP) is 3.80. The number of benzene rings is 2. The molecular weight excluding hydrogens is 251 g/mol. The summed E-state index contributed by atoms with van der Waals surface area (Å²) in [6.45, 7) is 2.45. The first kappa shape index (κ1) is 13.6. The molecule has 2 rings (SSSR count). The number of nitrogens with one attached hydrogen (secondary N) is 1. The topological polar surface area (TPSA) is 12.0 Å². The van der Waals surface area contributed by atoms with Gasteiger partial charge in [0, 0.05) is 5.56 Å². The van der Waals surface area contributed by atoms with E-state index in [2.05, 4.69) is 5.32 Å². The van der Waals surface area contributed by atoms with E-state index in [1.165, 1.54) is 12.1 Å². The van der Waals surface area contributed by atoms with Crippen molar-refractivity contribution in [1.29, 1.82) is 0 Å². The molecule has 1 unspecified atom stereocenters. The van der Waals surface area contributed by atoms with E-state index in [0.29, 0.717) is 17.7 Å². The van der Waals surface area contributed by atoms with Gasteiger partial charge in [0.15, 0.2) is 11.6 Å². The van der Waals surface area contributed by atoms with Crippen molar-refractivity contribution in [3.05, 3.63) is 71.0 Å². The zero-order valence-electron chi connectivity index (χ0n) is 10.5. The van der Waals surface area contributed by atoms with Crippen LogP contribution in [-0.4, -0.2) is 6.54 Å². The van der Waals surface area contributed by atoms with Gasteiger partial charge in [-0.25, -0.2) is 13.2 Å². The van der Waals surface area contributed by atoms with Crippen LogP contribution in [0, 0.1) is 17.5 Å². The summed E-state index contributed by atoms with van der Waals surface area (Å²) in [4.78, 5) is 0. The molecule has 19 heavy (non-hydrogen) atoms. The first-order valence-corrected chi connectivity index (χ1v) is 6.06. The van der Waals surface area contributed by atoms with E-state index in [-0.39, 0.29) is 5.82 Å². The van der Waals surface area contributed by atoms with Gasteiger partial charge in [0.05, 0.1) is 6.04 Å². The molecule has 2 aromatic rings. The van der Waals surface area contributed by atoms with Crippen LogP contribution in [0.4, 0.5) is 13.2 Å². The molecular formula is C15H14F3N. The van der Waals surface area contributed by atoms with Gasteiger partial charge in [-0.15, -0.1) is 0 Å². The van der Waals surface area contributed by atoms with Crippen molar-refractivity contribution in [1.82, 2.24) is 5.32 Å². The average molecular weight is 265 g/mol. The molecule has 0 saturated heterocycles. The highest BCUT2D eigenvalue weighted by Gasteiger charge is 2.18. The van der Waals surface area contributed by atoms with Crippen molar-refractivity contribution in [2.45, 2.75) is 13.0 Å². The van der Waals surface area contributed by atoms with E-state index >= 15 is 0 Å². The average Bonchev–Trinajstić information content (AvgIpc) is 2.40. The van der Waals surface area contributed by atoms with Crippen molar-refractivity contribution in [3.8, 4) is 0 Å². The quantitative estimate of drug-likeness (QED) is 0.886. The molecule has 0 fully saturated rings. The van der Waals surface area contributed by atoms with Crippen molar-refractivity contribution in [3.63, 3.8) is 0 Å². The van der Waals surface area contributed by atoms with E-state index in [1.54, 1.807) is 18.2 Å². The van der Waals surface area contributed by atoms with Crippen molar-refractivity contribution in [2.24, 2.45) is 0 Å². The Morgan fingerprint density at radius 1 is 0.947 bits per heavy atom. The first-order chi connectivity index (χ1) is 9.13. The highest BCUT2D eigenvalue weighted by Crippen LogP contribution is 2.25. The van der Waals surface area contributed by atoms with Crippen LogP contribution in [0.1, 0.15) is 24.1 Å². The Morgan fingerprint density at radius 3 is 2.32 bits per heavy atom. The molecule has 0 radical (unpaired) electrons. The lowest BCUT2D eigenvalue weighted by molar-refractivity contribution is 0.502. The van der Waals surface area contributed by atoms with Gasteiger partial charge >= 0.3 is 0 Å². The van der Waals surface area contributed by atoms with Gasteiger partial charge in [-0.05, 0) is 30.3 Å². The normalized spacial score (nSPS) is 12.4. The monoisotopic (exact) mass is 265 g/mol. The fraction of sp³-hybridized carbons (Fsp3) is 0.200.